The SMILES string of the molecule is CCCc1ccc(-c2cc(C)c(-c3cc(C)c(C(F)(F)Oc4cc(F)c(F)c(F)c4)c(F)c3)c(Cl)c2)cc1. The van der Waals surface area contributed by atoms with Gasteiger partial charge in [0.15, 0.2) is 17.5 Å². The molecule has 0 radical (unpaired) electrons. The lowest BCUT2D eigenvalue weighted by Gasteiger charge is -2.22. The van der Waals surface area contributed by atoms with Crippen LogP contribution in [0.4, 0.5) is 26.3 Å². The van der Waals surface area contributed by atoms with E-state index in [0.717, 1.165) is 30.0 Å². The Kier molecular flexibility index (Phi) is 7.79. The molecule has 0 N–H and O–H groups in total. The maximum atomic E-state index is 15.1. The van der Waals surface area contributed by atoms with E-state index in [4.69, 9.17) is 11.6 Å². The molecule has 0 aliphatic rings. The predicted molar refractivity (Wildman–Crippen MR) is 137 cm³/mol. The van der Waals surface area contributed by atoms with Crippen LogP contribution in [0.1, 0.15) is 35.6 Å². The second-order valence-corrected chi connectivity index (χ2v) is 9.47. The summed E-state index contributed by atoms with van der Waals surface area (Å²) in [5.41, 5.74) is 3.16. The van der Waals surface area contributed by atoms with Crippen molar-refractivity contribution in [1.29, 1.82) is 0 Å². The molecule has 0 spiro atoms. The summed E-state index contributed by atoms with van der Waals surface area (Å²) in [6, 6.07) is 14.4. The molecular formula is C30H23ClF6O. The first-order valence-electron chi connectivity index (χ1n) is 11.8. The zero-order valence-corrected chi connectivity index (χ0v) is 21.5. The molecule has 198 valence electrons. The monoisotopic (exact) mass is 548 g/mol. The Bertz CT molecular complexity index is 1430. The third-order valence-corrected chi connectivity index (χ3v) is 6.48. The van der Waals surface area contributed by atoms with Crippen LogP contribution < -0.4 is 4.74 Å². The first kappa shape index (κ1) is 27.6. The van der Waals surface area contributed by atoms with Crippen LogP contribution in [0.2, 0.25) is 5.02 Å². The molecule has 4 aromatic rings. The van der Waals surface area contributed by atoms with Gasteiger partial charge in [0.2, 0.25) is 0 Å². The van der Waals surface area contributed by atoms with Crippen LogP contribution >= 0.6 is 11.6 Å². The van der Waals surface area contributed by atoms with Gasteiger partial charge in [-0.1, -0.05) is 61.3 Å². The first-order valence-corrected chi connectivity index (χ1v) is 12.2. The Morgan fingerprint density at radius 1 is 0.737 bits per heavy atom. The van der Waals surface area contributed by atoms with E-state index in [1.54, 1.807) is 13.0 Å². The lowest BCUT2D eigenvalue weighted by molar-refractivity contribution is -0.188. The molecule has 0 aromatic heterocycles. The number of hydrogen-bond acceptors (Lipinski definition) is 1. The van der Waals surface area contributed by atoms with Crippen LogP contribution in [-0.2, 0) is 12.5 Å². The van der Waals surface area contributed by atoms with Crippen molar-refractivity contribution in [3.8, 4) is 28.0 Å². The van der Waals surface area contributed by atoms with Gasteiger partial charge in [0.25, 0.3) is 0 Å². The highest BCUT2D eigenvalue weighted by Gasteiger charge is 2.40. The van der Waals surface area contributed by atoms with E-state index in [1.807, 2.05) is 30.3 Å². The molecule has 0 amide bonds. The minimum absolute atomic E-state index is 0.181. The molecule has 0 saturated carbocycles. The van der Waals surface area contributed by atoms with E-state index in [2.05, 4.69) is 11.7 Å². The fraction of sp³-hybridized carbons (Fsp3) is 0.200. The van der Waals surface area contributed by atoms with Gasteiger partial charge in [0.05, 0.1) is 0 Å². The van der Waals surface area contributed by atoms with Crippen LogP contribution in [0.25, 0.3) is 22.3 Å². The number of halogens is 7. The van der Waals surface area contributed by atoms with E-state index >= 15 is 4.39 Å². The largest absolute Gasteiger partial charge is 0.429 e. The van der Waals surface area contributed by atoms with Crippen molar-refractivity contribution in [1.82, 2.24) is 0 Å². The van der Waals surface area contributed by atoms with Gasteiger partial charge in [-0.3, -0.25) is 0 Å². The standard InChI is InChI=1S/C30H23ClF6O/c1-4-5-18-6-8-19(9-7-18)20-10-16(2)27(23(31)12-20)21-11-17(3)28(24(32)13-21)30(36,37)38-22-14-25(33)29(35)26(34)15-22/h6-15H,4-5H2,1-3H3. The number of benzene rings is 4. The van der Waals surface area contributed by atoms with Gasteiger partial charge in [-0.15, -0.1) is 0 Å². The van der Waals surface area contributed by atoms with E-state index in [-0.39, 0.29) is 23.3 Å². The molecule has 0 heterocycles. The second-order valence-electron chi connectivity index (χ2n) is 9.07. The van der Waals surface area contributed by atoms with Crippen molar-refractivity contribution in [2.75, 3.05) is 0 Å². The van der Waals surface area contributed by atoms with E-state index in [9.17, 15) is 22.0 Å². The zero-order chi connectivity index (χ0) is 27.8. The number of rotatable bonds is 7. The second kappa shape index (κ2) is 10.7. The quantitative estimate of drug-likeness (QED) is 0.165. The zero-order valence-electron chi connectivity index (χ0n) is 20.7. The summed E-state index contributed by atoms with van der Waals surface area (Å²) in [6.45, 7) is 5.14. The lowest BCUT2D eigenvalue weighted by Crippen LogP contribution is -2.25. The molecule has 0 fully saturated rings. The van der Waals surface area contributed by atoms with E-state index in [0.29, 0.717) is 16.1 Å². The van der Waals surface area contributed by atoms with Gasteiger partial charge in [-0.25, -0.2) is 17.6 Å². The Morgan fingerprint density at radius 3 is 1.89 bits per heavy atom. The van der Waals surface area contributed by atoms with E-state index in [1.165, 1.54) is 18.6 Å². The molecular weight excluding hydrogens is 526 g/mol. The van der Waals surface area contributed by atoms with Gasteiger partial charge in [-0.05, 0) is 65.8 Å². The van der Waals surface area contributed by atoms with Gasteiger partial charge in [-0.2, -0.15) is 8.78 Å². The van der Waals surface area contributed by atoms with Gasteiger partial charge in [0.1, 0.15) is 17.1 Å². The molecule has 8 heteroatoms. The summed E-state index contributed by atoms with van der Waals surface area (Å²) in [7, 11) is 0. The minimum atomic E-state index is -4.31. The molecule has 0 unspecified atom stereocenters. The molecule has 0 atom stereocenters. The van der Waals surface area contributed by atoms with Crippen molar-refractivity contribution in [2.45, 2.75) is 39.7 Å². The average molecular weight is 549 g/mol. The van der Waals surface area contributed by atoms with Crippen molar-refractivity contribution in [2.24, 2.45) is 0 Å². The normalized spacial score (nSPS) is 11.6. The average Bonchev–Trinajstić information content (AvgIpc) is 2.82. The summed E-state index contributed by atoms with van der Waals surface area (Å²) in [4.78, 5) is 0. The fourth-order valence-corrected chi connectivity index (χ4v) is 4.85. The summed E-state index contributed by atoms with van der Waals surface area (Å²) < 4.78 is 89.4. The molecule has 4 aromatic carbocycles. The van der Waals surface area contributed by atoms with Gasteiger partial charge in [0, 0.05) is 22.7 Å². The fourth-order valence-electron chi connectivity index (χ4n) is 4.48. The van der Waals surface area contributed by atoms with Crippen LogP contribution in [-0.4, -0.2) is 0 Å². The van der Waals surface area contributed by atoms with Crippen molar-refractivity contribution < 1.29 is 31.1 Å². The Hall–Kier alpha value is -3.45. The Balaban J connectivity index is 1.68. The summed E-state index contributed by atoms with van der Waals surface area (Å²) >= 11 is 6.59. The molecule has 38 heavy (non-hydrogen) atoms. The molecule has 0 aliphatic heterocycles. The summed E-state index contributed by atoms with van der Waals surface area (Å²) in [6.07, 6.45) is -2.30. The third-order valence-electron chi connectivity index (χ3n) is 6.18. The molecule has 0 aliphatic carbocycles. The van der Waals surface area contributed by atoms with Crippen LogP contribution in [0, 0.1) is 37.1 Å². The van der Waals surface area contributed by atoms with Crippen LogP contribution in [0.15, 0.2) is 60.7 Å². The Labute approximate surface area is 221 Å². The third kappa shape index (κ3) is 5.53. The highest BCUT2D eigenvalue weighted by atomic mass is 35.5. The minimum Gasteiger partial charge on any atom is -0.429 e. The maximum Gasteiger partial charge on any atom is 0.429 e. The van der Waals surface area contributed by atoms with Gasteiger partial charge < -0.3 is 4.74 Å². The number of alkyl halides is 2. The first-order chi connectivity index (χ1) is 17.9. The lowest BCUT2D eigenvalue weighted by atomic mass is 9.92. The topological polar surface area (TPSA) is 9.23 Å². The molecule has 4 rings (SSSR count). The van der Waals surface area contributed by atoms with Gasteiger partial charge >= 0.3 is 6.11 Å². The summed E-state index contributed by atoms with van der Waals surface area (Å²) in [5.74, 6) is -7.56. The summed E-state index contributed by atoms with van der Waals surface area (Å²) in [5, 5.41) is 0.310. The molecule has 0 saturated heterocycles. The van der Waals surface area contributed by atoms with E-state index < -0.39 is 40.7 Å². The van der Waals surface area contributed by atoms with Crippen LogP contribution in [0.5, 0.6) is 5.75 Å². The van der Waals surface area contributed by atoms with Crippen molar-refractivity contribution in [3.05, 3.63) is 111 Å². The van der Waals surface area contributed by atoms with Crippen molar-refractivity contribution in [3.63, 3.8) is 0 Å². The smallest absolute Gasteiger partial charge is 0.429 e. The number of hydrogen-bond donors (Lipinski definition) is 0. The molecule has 1 nitrogen and oxygen atoms in total. The van der Waals surface area contributed by atoms with Crippen LogP contribution in [0.3, 0.4) is 0 Å². The highest BCUT2D eigenvalue weighted by molar-refractivity contribution is 6.33. The van der Waals surface area contributed by atoms with Crippen molar-refractivity contribution >= 4 is 11.6 Å². The molecule has 0 bridgehead atoms. The number of ether oxygens (including phenoxy) is 1. The predicted octanol–water partition coefficient (Wildman–Crippen LogP) is 9.93. The maximum absolute atomic E-state index is 15.1. The highest BCUT2D eigenvalue weighted by Crippen LogP contribution is 2.41. The number of aryl methyl sites for hydroxylation is 3. The Morgan fingerprint density at radius 2 is 1.34 bits per heavy atom.